The smallest absolute Gasteiger partial charge is 0.357 e. The zero-order valence-corrected chi connectivity index (χ0v) is 17.6. The molecule has 2 aliphatic heterocycles. The number of aliphatic hydroxyl groups is 1. The van der Waals surface area contributed by atoms with Gasteiger partial charge in [0.15, 0.2) is 5.70 Å². The van der Waals surface area contributed by atoms with Gasteiger partial charge in [0.25, 0.3) is 5.69 Å². The average molecular weight is 443 g/mol. The highest BCUT2D eigenvalue weighted by Crippen LogP contribution is 2.51. The zero-order chi connectivity index (χ0) is 20.5. The predicted molar refractivity (Wildman–Crippen MR) is 109 cm³/mol. The topological polar surface area (TPSA) is 110 Å². The minimum Gasteiger partial charge on any atom is -0.456 e. The molecule has 2 unspecified atom stereocenters. The van der Waals surface area contributed by atoms with Gasteiger partial charge in [-0.3, -0.25) is 19.8 Å². The highest BCUT2D eigenvalue weighted by Gasteiger charge is 2.45. The summed E-state index contributed by atoms with van der Waals surface area (Å²) >= 11 is 3.93. The van der Waals surface area contributed by atoms with Crippen molar-refractivity contribution in [2.45, 2.75) is 30.3 Å². The molecule has 0 aromatic heterocycles. The van der Waals surface area contributed by atoms with E-state index in [0.29, 0.717) is 22.0 Å². The third kappa shape index (κ3) is 4.48. The maximum atomic E-state index is 12.8. The van der Waals surface area contributed by atoms with Crippen LogP contribution in [0, 0.1) is 10.1 Å². The lowest BCUT2D eigenvalue weighted by atomic mass is 10.2. The monoisotopic (exact) mass is 442 g/mol. The molecule has 2 aliphatic rings. The van der Waals surface area contributed by atoms with Crippen molar-refractivity contribution in [1.82, 2.24) is 4.90 Å². The molecule has 1 aromatic rings. The molecule has 2 saturated heterocycles. The largest absolute Gasteiger partial charge is 0.456 e. The number of nitrogens with zero attached hydrogens (tertiary/aromatic N) is 2. The highest BCUT2D eigenvalue weighted by molar-refractivity contribution is 8.26. The summed E-state index contributed by atoms with van der Waals surface area (Å²) in [4.78, 5) is 35.6. The molecule has 0 aliphatic carbocycles. The number of carbonyl (C=O) groups excluding carboxylic acids is 2. The Hall–Kier alpha value is -1.69. The maximum absolute atomic E-state index is 12.8. The summed E-state index contributed by atoms with van der Waals surface area (Å²) in [5.41, 5.74) is 0.705. The van der Waals surface area contributed by atoms with Crippen LogP contribution in [-0.2, 0) is 20.9 Å². The van der Waals surface area contributed by atoms with Crippen LogP contribution in [0.1, 0.15) is 18.9 Å². The van der Waals surface area contributed by atoms with Crippen molar-refractivity contribution < 1.29 is 24.4 Å². The minimum atomic E-state index is -1.02. The summed E-state index contributed by atoms with van der Waals surface area (Å²) in [6.45, 7) is 1.58. The fraction of sp³-hybridized carbons (Fsp3) is 0.412. The normalized spacial score (nSPS) is 26.0. The molecule has 2 atom stereocenters. The second kappa shape index (κ2) is 8.36. The van der Waals surface area contributed by atoms with E-state index in [9.17, 15) is 24.8 Å². The highest BCUT2D eigenvalue weighted by atomic mass is 32.2. The van der Waals surface area contributed by atoms with Crippen LogP contribution < -0.4 is 0 Å². The second-order valence-electron chi connectivity index (χ2n) is 6.36. The molecule has 150 valence electrons. The first-order valence-corrected chi connectivity index (χ1v) is 11.3. The van der Waals surface area contributed by atoms with E-state index in [-0.39, 0.29) is 29.3 Å². The number of benzene rings is 1. The van der Waals surface area contributed by atoms with Gasteiger partial charge in [-0.2, -0.15) is 0 Å². The number of hydrogen-bond donors (Lipinski definition) is 1. The van der Waals surface area contributed by atoms with Crippen LogP contribution in [0.25, 0.3) is 0 Å². The van der Waals surface area contributed by atoms with Gasteiger partial charge < -0.3 is 9.84 Å². The molecule has 0 spiro atoms. The summed E-state index contributed by atoms with van der Waals surface area (Å²) in [5, 5.41) is 20.8. The number of amides is 1. The Kier molecular flexibility index (Phi) is 6.28. The number of non-ortho nitro benzene ring substituents is 1. The zero-order valence-electron chi connectivity index (χ0n) is 15.1. The van der Waals surface area contributed by atoms with Crippen LogP contribution in [0.3, 0.4) is 0 Å². The van der Waals surface area contributed by atoms with Gasteiger partial charge in [0.2, 0.25) is 5.91 Å². The quantitative estimate of drug-likeness (QED) is 0.234. The van der Waals surface area contributed by atoms with E-state index >= 15 is 0 Å². The van der Waals surface area contributed by atoms with Crippen molar-refractivity contribution in [1.29, 1.82) is 0 Å². The number of hydrogen-bond acceptors (Lipinski definition) is 9. The number of esters is 1. The first-order valence-electron chi connectivity index (χ1n) is 8.25. The lowest BCUT2D eigenvalue weighted by molar-refractivity contribution is -0.384. The third-order valence-electron chi connectivity index (χ3n) is 4.11. The minimum absolute atomic E-state index is 0.0483. The van der Waals surface area contributed by atoms with Crippen molar-refractivity contribution in [2.24, 2.45) is 0 Å². The molecule has 2 heterocycles. The molecular formula is C17H18N2O6S3. The summed E-state index contributed by atoms with van der Waals surface area (Å²) < 4.78 is 5.95. The SMILES string of the molecule is CSC1CC(=O)N1C(C(=O)OCc1ccc([N+](=O)[O-])cc1)=C1SCC(C)(O)S1. The van der Waals surface area contributed by atoms with Gasteiger partial charge in [0.05, 0.1) is 21.0 Å². The summed E-state index contributed by atoms with van der Waals surface area (Å²) in [7, 11) is 0. The summed E-state index contributed by atoms with van der Waals surface area (Å²) in [5.74, 6) is -0.419. The molecule has 1 N–H and O–H groups in total. The Labute approximate surface area is 174 Å². The standard InChI is InChI=1S/C17H18N2O6S3/c1-17(22)9-27-16(28-17)14(18-12(20)7-13(18)26-2)15(21)25-8-10-3-5-11(6-4-10)19(23)24/h3-6,13,22H,7-9H2,1-2H3. The molecule has 0 bridgehead atoms. The van der Waals surface area contributed by atoms with E-state index in [0.717, 1.165) is 11.8 Å². The molecule has 28 heavy (non-hydrogen) atoms. The second-order valence-corrected chi connectivity index (χ2v) is 10.1. The van der Waals surface area contributed by atoms with E-state index in [2.05, 4.69) is 0 Å². The number of nitro groups is 1. The number of nitro benzene ring substituents is 1. The Morgan fingerprint density at radius 3 is 2.64 bits per heavy atom. The van der Waals surface area contributed by atoms with E-state index in [1.54, 1.807) is 6.92 Å². The van der Waals surface area contributed by atoms with Gasteiger partial charge >= 0.3 is 5.97 Å². The fourth-order valence-electron chi connectivity index (χ4n) is 2.63. The van der Waals surface area contributed by atoms with Crippen molar-refractivity contribution in [3.8, 4) is 0 Å². The van der Waals surface area contributed by atoms with Crippen LogP contribution in [-0.4, -0.2) is 49.1 Å². The van der Waals surface area contributed by atoms with Gasteiger partial charge in [-0.25, -0.2) is 4.79 Å². The van der Waals surface area contributed by atoms with Gasteiger partial charge in [-0.1, -0.05) is 11.8 Å². The number of carbonyl (C=O) groups is 2. The number of thioether (sulfide) groups is 3. The molecular weight excluding hydrogens is 424 g/mol. The van der Waals surface area contributed by atoms with Crippen LogP contribution in [0.4, 0.5) is 5.69 Å². The molecule has 2 fully saturated rings. The molecule has 11 heteroatoms. The Morgan fingerprint density at radius 1 is 1.46 bits per heavy atom. The number of rotatable bonds is 6. The lowest BCUT2D eigenvalue weighted by Crippen LogP contribution is -2.51. The van der Waals surface area contributed by atoms with Crippen molar-refractivity contribution in [2.75, 3.05) is 12.0 Å². The molecule has 0 radical (unpaired) electrons. The summed E-state index contributed by atoms with van der Waals surface area (Å²) in [6.07, 6.45) is 2.21. The van der Waals surface area contributed by atoms with E-state index in [4.69, 9.17) is 4.74 Å². The van der Waals surface area contributed by atoms with Gasteiger partial charge in [-0.15, -0.1) is 23.5 Å². The molecule has 1 aromatic carbocycles. The van der Waals surface area contributed by atoms with Crippen LogP contribution in [0.5, 0.6) is 0 Å². The Bertz CT molecular complexity index is 840. The number of ether oxygens (including phenoxy) is 1. The van der Waals surface area contributed by atoms with Gasteiger partial charge in [-0.05, 0) is 30.9 Å². The van der Waals surface area contributed by atoms with E-state index < -0.39 is 15.8 Å². The Morgan fingerprint density at radius 2 is 2.14 bits per heavy atom. The first kappa shape index (κ1) is 21.0. The van der Waals surface area contributed by atoms with Crippen molar-refractivity contribution in [3.63, 3.8) is 0 Å². The molecule has 0 saturated carbocycles. The molecule has 8 nitrogen and oxygen atoms in total. The summed E-state index contributed by atoms with van der Waals surface area (Å²) in [6, 6.07) is 5.71. The van der Waals surface area contributed by atoms with Crippen LogP contribution in [0.15, 0.2) is 34.2 Å². The van der Waals surface area contributed by atoms with Crippen LogP contribution in [0.2, 0.25) is 0 Å². The fourth-order valence-corrected chi connectivity index (χ4v) is 6.13. The van der Waals surface area contributed by atoms with Gasteiger partial charge in [0, 0.05) is 17.9 Å². The predicted octanol–water partition coefficient (Wildman–Crippen LogP) is 2.92. The molecule has 1 amide bonds. The van der Waals surface area contributed by atoms with Gasteiger partial charge in [0.1, 0.15) is 11.5 Å². The third-order valence-corrected chi connectivity index (χ3v) is 7.94. The maximum Gasteiger partial charge on any atom is 0.357 e. The van der Waals surface area contributed by atoms with Crippen molar-refractivity contribution in [3.05, 3.63) is 49.9 Å². The van der Waals surface area contributed by atoms with E-state index in [1.165, 1.54) is 52.7 Å². The van der Waals surface area contributed by atoms with Crippen LogP contribution >= 0.6 is 35.3 Å². The lowest BCUT2D eigenvalue weighted by Gasteiger charge is -2.40. The molecule has 3 rings (SSSR count). The Balaban J connectivity index is 1.78. The first-order chi connectivity index (χ1) is 13.2. The number of likely N-dealkylation sites (tertiary alicyclic amines) is 1. The number of β-lactam (4-membered cyclic amide) rings is 1. The van der Waals surface area contributed by atoms with E-state index in [1.807, 2.05) is 6.26 Å². The average Bonchev–Trinajstić information content (AvgIpc) is 3.01. The van der Waals surface area contributed by atoms with Crippen molar-refractivity contribution >= 4 is 52.8 Å².